The Morgan fingerprint density at radius 3 is 1.43 bits per heavy atom. The molecule has 1 aliphatic heterocycles. The molecular formula is C54H42N3S+. The van der Waals surface area contributed by atoms with Gasteiger partial charge in [0.2, 0.25) is 6.33 Å². The summed E-state index contributed by atoms with van der Waals surface area (Å²) in [5.74, 6) is 0. The van der Waals surface area contributed by atoms with Gasteiger partial charge in [0, 0.05) is 16.3 Å². The molecule has 3 nitrogen and oxygen atoms in total. The van der Waals surface area contributed by atoms with Crippen LogP contribution in [-0.4, -0.2) is 11.1 Å². The van der Waals surface area contributed by atoms with E-state index in [0.29, 0.717) is 0 Å². The highest BCUT2D eigenvalue weighted by atomic mass is 32.2. The van der Waals surface area contributed by atoms with Gasteiger partial charge in [-0.3, -0.25) is 0 Å². The predicted octanol–water partition coefficient (Wildman–Crippen LogP) is 14.3. The summed E-state index contributed by atoms with van der Waals surface area (Å²) in [4.78, 5) is 5.25. The van der Waals surface area contributed by atoms with Crippen molar-refractivity contribution in [1.29, 1.82) is 0 Å². The molecule has 278 valence electrons. The molecule has 0 fully saturated rings. The predicted molar refractivity (Wildman–Crippen MR) is 246 cm³/mol. The van der Waals surface area contributed by atoms with Crippen molar-refractivity contribution >= 4 is 87.8 Å². The first-order valence-corrected chi connectivity index (χ1v) is 21.5. The van der Waals surface area contributed by atoms with Gasteiger partial charge in [0.15, 0.2) is 0 Å². The Morgan fingerprint density at radius 1 is 0.466 bits per heavy atom. The lowest BCUT2D eigenvalue weighted by atomic mass is 9.89. The molecule has 0 amide bonds. The maximum atomic E-state index is 2.61. The molecule has 1 aliphatic rings. The molecule has 0 aliphatic carbocycles. The smallest absolute Gasteiger partial charge is 0.243 e. The maximum Gasteiger partial charge on any atom is 0.243 e. The minimum Gasteiger partial charge on any atom is -0.340 e. The third kappa shape index (κ3) is 5.39. The van der Waals surface area contributed by atoms with E-state index in [1.165, 1.54) is 127 Å². The van der Waals surface area contributed by atoms with E-state index >= 15 is 0 Å². The van der Waals surface area contributed by atoms with Crippen molar-refractivity contribution in [3.8, 4) is 22.3 Å². The average molecular weight is 765 g/mol. The van der Waals surface area contributed by atoms with Crippen LogP contribution < -0.4 is 9.47 Å². The second-order valence-electron chi connectivity index (χ2n) is 16.3. The van der Waals surface area contributed by atoms with Crippen molar-refractivity contribution in [2.45, 2.75) is 42.0 Å². The molecule has 11 aromatic rings. The summed E-state index contributed by atoms with van der Waals surface area (Å²) < 4.78 is 4.42. The molecule has 0 saturated heterocycles. The second-order valence-corrected chi connectivity index (χ2v) is 17.4. The van der Waals surface area contributed by atoms with E-state index in [9.17, 15) is 0 Å². The largest absolute Gasteiger partial charge is 0.340 e. The van der Waals surface area contributed by atoms with Gasteiger partial charge in [0.25, 0.3) is 0 Å². The van der Waals surface area contributed by atoms with E-state index in [1.54, 1.807) is 0 Å². The summed E-state index contributed by atoms with van der Waals surface area (Å²) >= 11 is 1.93. The Morgan fingerprint density at radius 2 is 0.931 bits per heavy atom. The van der Waals surface area contributed by atoms with E-state index in [1.807, 2.05) is 11.8 Å². The van der Waals surface area contributed by atoms with Crippen molar-refractivity contribution in [2.75, 3.05) is 11.4 Å². The minimum atomic E-state index is 0.995. The average Bonchev–Trinajstić information content (AvgIpc) is 3.69. The lowest BCUT2D eigenvalue weighted by Crippen LogP contribution is -2.23. The van der Waals surface area contributed by atoms with Gasteiger partial charge < -0.3 is 4.90 Å². The Hall–Kier alpha value is -6.36. The third-order valence-corrected chi connectivity index (χ3v) is 13.9. The van der Waals surface area contributed by atoms with Gasteiger partial charge in [-0.05, 0) is 130 Å². The monoisotopic (exact) mass is 764 g/mol. The first-order valence-electron chi connectivity index (χ1n) is 20.7. The SMILES string of the molecule is C[n+]1ccn(CCCCCCN2c3ccc(-c4ccc5ccc6cccc7ccc4c5c67)cc3Sc3cc(-c4ccc5ccc6cccc7ccc4c5c67)ccc32)c1. The summed E-state index contributed by atoms with van der Waals surface area (Å²) in [5, 5.41) is 16.0. The highest BCUT2D eigenvalue weighted by Gasteiger charge is 2.25. The Labute approximate surface area is 342 Å². The van der Waals surface area contributed by atoms with E-state index < -0.39 is 0 Å². The summed E-state index contributed by atoms with van der Waals surface area (Å²) in [7, 11) is 2.09. The number of benzene rings is 10. The van der Waals surface area contributed by atoms with Crippen LogP contribution in [0.3, 0.4) is 0 Å². The van der Waals surface area contributed by atoms with Gasteiger partial charge in [0.05, 0.1) is 25.0 Å². The van der Waals surface area contributed by atoms with Crippen molar-refractivity contribution in [3.63, 3.8) is 0 Å². The molecule has 58 heavy (non-hydrogen) atoms. The lowest BCUT2D eigenvalue weighted by Gasteiger charge is -2.33. The zero-order valence-corrected chi connectivity index (χ0v) is 33.4. The van der Waals surface area contributed by atoms with Crippen molar-refractivity contribution < 1.29 is 4.57 Å². The van der Waals surface area contributed by atoms with E-state index in [-0.39, 0.29) is 0 Å². The number of rotatable bonds is 9. The molecule has 1 aromatic heterocycles. The van der Waals surface area contributed by atoms with Gasteiger partial charge in [-0.2, -0.15) is 0 Å². The minimum absolute atomic E-state index is 0.995. The number of anilines is 2. The molecule has 10 aromatic carbocycles. The summed E-state index contributed by atoms with van der Waals surface area (Å²) in [6, 6.07) is 55.4. The number of fused-ring (bicyclic) bond motifs is 2. The molecule has 12 rings (SSSR count). The van der Waals surface area contributed by atoms with Crippen molar-refractivity contribution in [3.05, 3.63) is 164 Å². The summed E-state index contributed by atoms with van der Waals surface area (Å²) in [5.41, 5.74) is 7.77. The van der Waals surface area contributed by atoms with Crippen molar-refractivity contribution in [2.24, 2.45) is 7.05 Å². The Bertz CT molecular complexity index is 3130. The van der Waals surface area contributed by atoms with Gasteiger partial charge in [-0.1, -0.05) is 140 Å². The fraction of sp³-hybridized carbons (Fsp3) is 0.130. The fourth-order valence-corrected chi connectivity index (χ4v) is 11.2. The number of imidazole rings is 1. The van der Waals surface area contributed by atoms with Crippen molar-refractivity contribution in [1.82, 2.24) is 4.57 Å². The molecule has 0 bridgehead atoms. The van der Waals surface area contributed by atoms with Crippen LogP contribution in [0.15, 0.2) is 174 Å². The van der Waals surface area contributed by atoms with Crippen LogP contribution in [0, 0.1) is 0 Å². The van der Waals surface area contributed by atoms with Crippen LogP contribution in [-0.2, 0) is 13.6 Å². The Kier molecular flexibility index (Phi) is 7.77. The van der Waals surface area contributed by atoms with E-state index in [4.69, 9.17) is 0 Å². The van der Waals surface area contributed by atoms with Crippen LogP contribution in [0.1, 0.15) is 25.7 Å². The quantitative estimate of drug-likeness (QED) is 0.0824. The van der Waals surface area contributed by atoms with Gasteiger partial charge >= 0.3 is 0 Å². The first-order chi connectivity index (χ1) is 28.6. The van der Waals surface area contributed by atoms with Crippen LogP contribution in [0.5, 0.6) is 0 Å². The molecule has 4 heteroatoms. The van der Waals surface area contributed by atoms with Crippen LogP contribution in [0.25, 0.3) is 86.9 Å². The number of nitrogens with zero attached hydrogens (tertiary/aromatic N) is 3. The van der Waals surface area contributed by atoms with Crippen LogP contribution in [0.2, 0.25) is 0 Å². The van der Waals surface area contributed by atoms with Crippen LogP contribution in [0.4, 0.5) is 11.4 Å². The molecule has 0 spiro atoms. The molecule has 0 atom stereocenters. The number of unbranched alkanes of at least 4 members (excludes halogenated alkanes) is 3. The normalized spacial score (nSPS) is 12.9. The standard InChI is InChI=1S/C54H42N3S/c1-55-30-31-56(34-55)28-4-2-3-5-29-57-47-26-20-41(43-22-16-39-14-12-35-8-6-10-37-18-24-45(43)53(39)51(35)37)32-49(47)58-50-33-42(21-27-48(50)57)44-23-17-40-15-13-36-9-7-11-38-19-25-46(44)54(40)52(36)38/h6-27,30-34H,2-5,28-29H2,1H3/q+1. The number of aryl methyl sites for hydroxylation is 2. The third-order valence-electron chi connectivity index (χ3n) is 12.8. The fourth-order valence-electron chi connectivity index (χ4n) is 9.99. The molecule has 2 heterocycles. The number of hydrogen-bond acceptors (Lipinski definition) is 2. The molecule has 0 radical (unpaired) electrons. The molecular weight excluding hydrogens is 723 g/mol. The zero-order valence-electron chi connectivity index (χ0n) is 32.6. The highest BCUT2D eigenvalue weighted by Crippen LogP contribution is 2.52. The zero-order chi connectivity index (χ0) is 38.3. The topological polar surface area (TPSA) is 12.0 Å². The Balaban J connectivity index is 0.933. The van der Waals surface area contributed by atoms with Gasteiger partial charge in [0.1, 0.15) is 12.4 Å². The second kappa shape index (κ2) is 13.4. The van der Waals surface area contributed by atoms with Gasteiger partial charge in [-0.15, -0.1) is 0 Å². The van der Waals surface area contributed by atoms with Gasteiger partial charge in [-0.25, -0.2) is 9.13 Å². The van der Waals surface area contributed by atoms with E-state index in [2.05, 4.69) is 185 Å². The summed E-state index contributed by atoms with van der Waals surface area (Å²) in [6.07, 6.45) is 11.3. The maximum absolute atomic E-state index is 2.61. The highest BCUT2D eigenvalue weighted by molar-refractivity contribution is 7.99. The first kappa shape index (κ1) is 33.7. The number of hydrogen-bond donors (Lipinski definition) is 0. The molecule has 0 saturated carbocycles. The molecule has 0 N–H and O–H groups in total. The lowest BCUT2D eigenvalue weighted by molar-refractivity contribution is -0.671. The summed E-state index contributed by atoms with van der Waals surface area (Å²) in [6.45, 7) is 2.07. The van der Waals surface area contributed by atoms with Crippen LogP contribution >= 0.6 is 11.8 Å². The number of aromatic nitrogens is 2. The van der Waals surface area contributed by atoms with E-state index in [0.717, 1.165) is 19.5 Å². The molecule has 0 unspecified atom stereocenters.